The molecular formula is C24H30FN5O2. The summed E-state index contributed by atoms with van der Waals surface area (Å²) in [6.07, 6.45) is 1.25. The average molecular weight is 440 g/mol. The van der Waals surface area contributed by atoms with E-state index in [0.29, 0.717) is 11.3 Å². The highest BCUT2D eigenvalue weighted by atomic mass is 19.1. The van der Waals surface area contributed by atoms with Crippen LogP contribution in [-0.4, -0.2) is 47.2 Å². The zero-order valence-electron chi connectivity index (χ0n) is 18.4. The van der Waals surface area contributed by atoms with Crippen LogP contribution in [-0.2, 0) is 17.8 Å². The Kier molecular flexibility index (Phi) is 5.73. The largest absolute Gasteiger partial charge is 0.395 e. The van der Waals surface area contributed by atoms with Gasteiger partial charge in [0, 0.05) is 31.6 Å². The first-order chi connectivity index (χ1) is 15.5. The zero-order valence-corrected chi connectivity index (χ0v) is 18.4. The zero-order chi connectivity index (χ0) is 22.4. The third kappa shape index (κ3) is 3.72. The van der Waals surface area contributed by atoms with Gasteiger partial charge in [-0.3, -0.25) is 15.1 Å². The van der Waals surface area contributed by atoms with Crippen molar-refractivity contribution in [3.05, 3.63) is 64.5 Å². The first kappa shape index (κ1) is 21.5. The summed E-state index contributed by atoms with van der Waals surface area (Å²) in [6, 6.07) is 11.3. The van der Waals surface area contributed by atoms with E-state index in [9.17, 15) is 14.3 Å². The highest BCUT2D eigenvalue weighted by Crippen LogP contribution is 2.33. The number of carbonyl (C=O) groups is 1. The molecule has 4 N–H and O–H groups in total. The first-order valence-electron chi connectivity index (χ1n) is 11.3. The number of hydrazine groups is 2. The van der Waals surface area contributed by atoms with Crippen LogP contribution in [0.4, 0.5) is 10.1 Å². The maximum atomic E-state index is 14.6. The van der Waals surface area contributed by atoms with Crippen LogP contribution < -0.4 is 21.3 Å². The van der Waals surface area contributed by atoms with E-state index in [1.165, 1.54) is 22.2 Å². The number of fused-ring (bicyclic) bond motifs is 2. The van der Waals surface area contributed by atoms with Crippen molar-refractivity contribution in [2.75, 3.05) is 18.2 Å². The van der Waals surface area contributed by atoms with Crippen molar-refractivity contribution in [1.29, 1.82) is 0 Å². The van der Waals surface area contributed by atoms with Crippen LogP contribution in [0.2, 0.25) is 0 Å². The van der Waals surface area contributed by atoms with Gasteiger partial charge in [-0.05, 0) is 48.6 Å². The van der Waals surface area contributed by atoms with E-state index in [4.69, 9.17) is 0 Å². The lowest BCUT2D eigenvalue weighted by molar-refractivity contribution is -0.121. The van der Waals surface area contributed by atoms with Crippen molar-refractivity contribution < 1.29 is 14.3 Å². The van der Waals surface area contributed by atoms with Crippen LogP contribution in [0.3, 0.4) is 0 Å². The van der Waals surface area contributed by atoms with Crippen LogP contribution >= 0.6 is 0 Å². The molecule has 0 saturated carbocycles. The fourth-order valence-corrected chi connectivity index (χ4v) is 5.12. The smallest absolute Gasteiger partial charge is 0.243 e. The number of anilines is 1. The number of aryl methyl sites for hydroxylation is 1. The molecule has 0 radical (unpaired) electrons. The molecule has 170 valence electrons. The number of amides is 1. The summed E-state index contributed by atoms with van der Waals surface area (Å²) in [4.78, 5) is 15.1. The monoisotopic (exact) mass is 439 g/mol. The van der Waals surface area contributed by atoms with Gasteiger partial charge in [0.15, 0.2) is 0 Å². The molecule has 0 aromatic heterocycles. The van der Waals surface area contributed by atoms with Gasteiger partial charge in [-0.1, -0.05) is 30.3 Å². The van der Waals surface area contributed by atoms with Gasteiger partial charge in [0.25, 0.3) is 0 Å². The van der Waals surface area contributed by atoms with Crippen molar-refractivity contribution in [3.8, 4) is 0 Å². The lowest BCUT2D eigenvalue weighted by Crippen LogP contribution is -2.60. The van der Waals surface area contributed by atoms with Gasteiger partial charge in [0.05, 0.1) is 24.4 Å². The van der Waals surface area contributed by atoms with Crippen LogP contribution in [0.25, 0.3) is 0 Å². The number of para-hydroxylation sites is 1. The van der Waals surface area contributed by atoms with Gasteiger partial charge >= 0.3 is 0 Å². The van der Waals surface area contributed by atoms with Gasteiger partial charge < -0.3 is 5.11 Å². The number of aliphatic hydroxyl groups is 1. The van der Waals surface area contributed by atoms with Crippen molar-refractivity contribution in [3.63, 3.8) is 0 Å². The third-order valence-electron chi connectivity index (χ3n) is 7.07. The van der Waals surface area contributed by atoms with Crippen LogP contribution in [0.5, 0.6) is 0 Å². The van der Waals surface area contributed by atoms with Crippen molar-refractivity contribution in [1.82, 2.24) is 21.2 Å². The summed E-state index contributed by atoms with van der Waals surface area (Å²) < 4.78 is 14.6. The average Bonchev–Trinajstić information content (AvgIpc) is 3.20. The van der Waals surface area contributed by atoms with Crippen molar-refractivity contribution in [2.24, 2.45) is 0 Å². The van der Waals surface area contributed by atoms with Gasteiger partial charge in [-0.15, -0.1) is 0 Å². The maximum Gasteiger partial charge on any atom is 0.243 e. The van der Waals surface area contributed by atoms with E-state index in [-0.39, 0.29) is 43.1 Å². The Morgan fingerprint density at radius 2 is 2.06 bits per heavy atom. The predicted molar refractivity (Wildman–Crippen MR) is 120 cm³/mol. The topological polar surface area (TPSA) is 79.9 Å². The van der Waals surface area contributed by atoms with E-state index in [1.807, 2.05) is 19.9 Å². The number of nitrogens with one attached hydrogen (secondary N) is 3. The van der Waals surface area contributed by atoms with Crippen LogP contribution in [0, 0.1) is 12.7 Å². The Bertz CT molecular complexity index is 1010. The third-order valence-corrected chi connectivity index (χ3v) is 7.07. The van der Waals surface area contributed by atoms with Crippen LogP contribution in [0.1, 0.15) is 41.6 Å². The Morgan fingerprint density at radius 1 is 1.22 bits per heavy atom. The molecule has 2 aromatic carbocycles. The predicted octanol–water partition coefficient (Wildman–Crippen LogP) is 1.70. The lowest BCUT2D eigenvalue weighted by Gasteiger charge is -2.38. The van der Waals surface area contributed by atoms with E-state index < -0.39 is 5.82 Å². The number of halogens is 1. The number of aliphatic hydroxyl groups excluding tert-OH is 1. The summed E-state index contributed by atoms with van der Waals surface area (Å²) >= 11 is 0. The number of hydrogen-bond donors (Lipinski definition) is 4. The van der Waals surface area contributed by atoms with Crippen molar-refractivity contribution >= 4 is 11.6 Å². The SMILES string of the molecule is Cc1cccc(F)c1N1NC2C(CC1=O)NNC2c1ccc2c(c1)CN(C(C)CO)CC2. The van der Waals surface area contributed by atoms with E-state index in [1.54, 1.807) is 6.07 Å². The normalized spacial score (nSPS) is 26.7. The summed E-state index contributed by atoms with van der Waals surface area (Å²) in [5.41, 5.74) is 14.6. The summed E-state index contributed by atoms with van der Waals surface area (Å²) in [5.74, 6) is -0.569. The molecule has 0 aliphatic carbocycles. The molecule has 32 heavy (non-hydrogen) atoms. The summed E-state index contributed by atoms with van der Waals surface area (Å²) in [6.45, 7) is 5.76. The summed E-state index contributed by atoms with van der Waals surface area (Å²) in [7, 11) is 0. The molecule has 0 bridgehead atoms. The van der Waals surface area contributed by atoms with E-state index in [2.05, 4.69) is 39.4 Å². The fourth-order valence-electron chi connectivity index (χ4n) is 5.12. The second-order valence-electron chi connectivity index (χ2n) is 9.15. The minimum Gasteiger partial charge on any atom is -0.395 e. The molecule has 3 aliphatic rings. The quantitative estimate of drug-likeness (QED) is 0.581. The number of nitrogens with zero attached hydrogens (tertiary/aromatic N) is 2. The summed E-state index contributed by atoms with van der Waals surface area (Å²) in [5, 5.41) is 10.9. The second kappa shape index (κ2) is 8.53. The Morgan fingerprint density at radius 3 is 2.84 bits per heavy atom. The van der Waals surface area contributed by atoms with Gasteiger partial charge in [-0.25, -0.2) is 20.3 Å². The molecule has 4 unspecified atom stereocenters. The molecule has 8 heteroatoms. The molecule has 4 atom stereocenters. The highest BCUT2D eigenvalue weighted by Gasteiger charge is 2.44. The Balaban J connectivity index is 1.41. The molecule has 2 fully saturated rings. The molecule has 7 nitrogen and oxygen atoms in total. The Hall–Kier alpha value is -2.36. The number of hydrogen-bond acceptors (Lipinski definition) is 6. The fraction of sp³-hybridized carbons (Fsp3) is 0.458. The number of rotatable bonds is 4. The molecule has 0 spiro atoms. The van der Waals surface area contributed by atoms with Crippen LogP contribution in [0.15, 0.2) is 36.4 Å². The molecule has 1 amide bonds. The molecule has 2 aromatic rings. The Labute approximate surface area is 187 Å². The first-order valence-corrected chi connectivity index (χ1v) is 11.3. The molecule has 3 aliphatic heterocycles. The standard InChI is InChI=1S/C24H30FN5O2/c1-14-4-3-5-19(25)24(14)30-21(32)11-20-23(28-30)22(27-26-20)17-7-6-16-8-9-29(15(2)13-31)12-18(16)10-17/h3-7,10,15,20,22-23,26-28,31H,8-9,11-13H2,1-2H3. The van der Waals surface area contributed by atoms with Gasteiger partial charge in [-0.2, -0.15) is 0 Å². The molecular weight excluding hydrogens is 409 g/mol. The van der Waals surface area contributed by atoms with E-state index >= 15 is 0 Å². The molecule has 2 saturated heterocycles. The molecule has 3 heterocycles. The lowest BCUT2D eigenvalue weighted by atomic mass is 9.89. The van der Waals surface area contributed by atoms with Gasteiger partial charge in [0.1, 0.15) is 5.82 Å². The number of carbonyl (C=O) groups excluding carboxylic acids is 1. The minimum atomic E-state index is -0.411. The minimum absolute atomic E-state index is 0.0707. The van der Waals surface area contributed by atoms with Gasteiger partial charge in [0.2, 0.25) is 5.91 Å². The number of benzene rings is 2. The molecule has 5 rings (SSSR count). The highest BCUT2D eigenvalue weighted by molar-refractivity contribution is 5.94. The van der Waals surface area contributed by atoms with Crippen molar-refractivity contribution in [2.45, 2.75) is 57.4 Å². The maximum absolute atomic E-state index is 14.6. The van der Waals surface area contributed by atoms with E-state index in [0.717, 1.165) is 25.1 Å². The second-order valence-corrected chi connectivity index (χ2v) is 9.15.